The molecular formula is C10H14N4O5. The zero-order valence-electron chi connectivity index (χ0n) is 10.5. The Morgan fingerprint density at radius 1 is 1.63 bits per heavy atom. The highest BCUT2D eigenvalue weighted by Gasteiger charge is 2.16. The number of hydrogen-bond acceptors (Lipinski definition) is 6. The first-order valence-corrected chi connectivity index (χ1v) is 5.48. The van der Waals surface area contributed by atoms with E-state index in [0.29, 0.717) is 0 Å². The molecule has 0 radical (unpaired) electrons. The molecule has 0 aliphatic heterocycles. The van der Waals surface area contributed by atoms with Crippen LogP contribution in [0.4, 0.5) is 5.69 Å². The molecule has 0 saturated carbocycles. The molecule has 9 heteroatoms. The predicted molar refractivity (Wildman–Crippen MR) is 63.1 cm³/mol. The minimum Gasteiger partial charge on any atom is -0.467 e. The van der Waals surface area contributed by atoms with Crippen LogP contribution >= 0.6 is 0 Å². The summed E-state index contributed by atoms with van der Waals surface area (Å²) in [6, 6.07) is -0.732. The van der Waals surface area contributed by atoms with Gasteiger partial charge in [0, 0.05) is 13.0 Å². The van der Waals surface area contributed by atoms with Crippen LogP contribution in [0.15, 0.2) is 12.4 Å². The third-order valence-corrected chi connectivity index (χ3v) is 2.33. The topological polar surface area (TPSA) is 116 Å². The van der Waals surface area contributed by atoms with Gasteiger partial charge < -0.3 is 10.1 Å². The van der Waals surface area contributed by atoms with Crippen molar-refractivity contribution in [2.75, 3.05) is 7.11 Å². The summed E-state index contributed by atoms with van der Waals surface area (Å²) < 4.78 is 5.75. The molecule has 104 valence electrons. The van der Waals surface area contributed by atoms with E-state index in [1.165, 1.54) is 24.9 Å². The monoisotopic (exact) mass is 270 g/mol. The van der Waals surface area contributed by atoms with E-state index >= 15 is 0 Å². The average Bonchev–Trinajstić information content (AvgIpc) is 2.84. The van der Waals surface area contributed by atoms with Crippen molar-refractivity contribution >= 4 is 17.6 Å². The lowest BCUT2D eigenvalue weighted by atomic mass is 10.3. The lowest BCUT2D eigenvalue weighted by molar-refractivity contribution is -0.385. The Bertz CT molecular complexity index is 484. The van der Waals surface area contributed by atoms with Crippen molar-refractivity contribution in [3.8, 4) is 0 Å². The minimum atomic E-state index is -0.732. The lowest BCUT2D eigenvalue weighted by Crippen LogP contribution is -2.39. The molecule has 9 nitrogen and oxygen atoms in total. The second kappa shape index (κ2) is 6.47. The number of nitrogens with zero attached hydrogens (tertiary/aromatic N) is 3. The molecule has 1 atom stereocenters. The van der Waals surface area contributed by atoms with Gasteiger partial charge in [0.25, 0.3) is 0 Å². The van der Waals surface area contributed by atoms with Crippen LogP contribution in [-0.4, -0.2) is 39.7 Å². The van der Waals surface area contributed by atoms with Crippen molar-refractivity contribution in [3.05, 3.63) is 22.5 Å². The Kier molecular flexibility index (Phi) is 4.98. The van der Waals surface area contributed by atoms with E-state index in [4.69, 9.17) is 0 Å². The molecule has 1 N–H and O–H groups in total. The number of aryl methyl sites for hydroxylation is 1. The third-order valence-electron chi connectivity index (χ3n) is 2.33. The summed E-state index contributed by atoms with van der Waals surface area (Å²) in [6.45, 7) is 1.69. The summed E-state index contributed by atoms with van der Waals surface area (Å²) >= 11 is 0. The van der Waals surface area contributed by atoms with Gasteiger partial charge in [-0.2, -0.15) is 5.10 Å². The van der Waals surface area contributed by atoms with Crippen molar-refractivity contribution in [2.24, 2.45) is 0 Å². The summed E-state index contributed by atoms with van der Waals surface area (Å²) in [4.78, 5) is 32.4. The Morgan fingerprint density at radius 2 is 2.32 bits per heavy atom. The maximum atomic E-state index is 11.5. The summed E-state index contributed by atoms with van der Waals surface area (Å²) in [7, 11) is 1.23. The Hall–Kier alpha value is -2.45. The quantitative estimate of drug-likeness (QED) is 0.437. The van der Waals surface area contributed by atoms with Gasteiger partial charge in [0.05, 0.1) is 12.0 Å². The number of hydrogen-bond donors (Lipinski definition) is 1. The van der Waals surface area contributed by atoms with Gasteiger partial charge in [0.2, 0.25) is 5.91 Å². The molecule has 1 heterocycles. The molecule has 0 spiro atoms. The number of nitrogens with one attached hydrogen (secondary N) is 1. The van der Waals surface area contributed by atoms with Crippen molar-refractivity contribution in [1.82, 2.24) is 15.1 Å². The van der Waals surface area contributed by atoms with E-state index in [2.05, 4.69) is 15.2 Å². The van der Waals surface area contributed by atoms with Crippen LogP contribution < -0.4 is 5.32 Å². The maximum absolute atomic E-state index is 11.5. The van der Waals surface area contributed by atoms with Crippen LogP contribution in [0.2, 0.25) is 0 Å². The fourth-order valence-corrected chi connectivity index (χ4v) is 1.33. The number of nitro groups is 1. The largest absolute Gasteiger partial charge is 0.467 e. The van der Waals surface area contributed by atoms with Crippen molar-refractivity contribution < 1.29 is 19.2 Å². The minimum absolute atomic E-state index is 0.0557. The molecule has 1 aromatic rings. The Balaban J connectivity index is 2.41. The standard InChI is InChI=1S/C10H14N4O5/c1-7(10(16)19-2)12-9(15)3-4-13-6-8(5-11-13)14(17)18/h5-7H,3-4H2,1-2H3,(H,12,15)/t7-/m0/s1. The van der Waals surface area contributed by atoms with Crippen molar-refractivity contribution in [2.45, 2.75) is 25.9 Å². The number of amides is 1. The molecule has 0 aromatic carbocycles. The fraction of sp³-hybridized carbons (Fsp3) is 0.500. The van der Waals surface area contributed by atoms with Crippen LogP contribution in [0.5, 0.6) is 0 Å². The molecule has 1 aromatic heterocycles. The van der Waals surface area contributed by atoms with Crippen LogP contribution in [0.25, 0.3) is 0 Å². The number of rotatable bonds is 6. The van der Waals surface area contributed by atoms with Gasteiger partial charge in [-0.25, -0.2) is 4.79 Å². The SMILES string of the molecule is COC(=O)[C@H](C)NC(=O)CCn1cc([N+](=O)[O-])cn1. The number of carbonyl (C=O) groups excluding carboxylic acids is 2. The highest BCUT2D eigenvalue weighted by molar-refractivity contribution is 5.83. The molecule has 0 aliphatic carbocycles. The summed E-state index contributed by atoms with van der Waals surface area (Å²) in [6.07, 6.45) is 2.40. The maximum Gasteiger partial charge on any atom is 0.328 e. The van der Waals surface area contributed by atoms with Gasteiger partial charge in [-0.1, -0.05) is 0 Å². The van der Waals surface area contributed by atoms with E-state index < -0.39 is 16.9 Å². The normalized spacial score (nSPS) is 11.7. The summed E-state index contributed by atoms with van der Waals surface area (Å²) in [5.41, 5.74) is -0.136. The predicted octanol–water partition coefficient (Wildman–Crippen LogP) is -0.141. The third kappa shape index (κ3) is 4.37. The number of carbonyl (C=O) groups is 2. The molecule has 0 unspecified atom stereocenters. The van der Waals surface area contributed by atoms with Crippen LogP contribution in [0.3, 0.4) is 0 Å². The number of aromatic nitrogens is 2. The molecule has 0 bridgehead atoms. The van der Waals surface area contributed by atoms with Crippen molar-refractivity contribution in [1.29, 1.82) is 0 Å². The van der Waals surface area contributed by atoms with E-state index in [-0.39, 0.29) is 24.6 Å². The zero-order valence-corrected chi connectivity index (χ0v) is 10.5. The van der Waals surface area contributed by atoms with E-state index in [1.54, 1.807) is 0 Å². The second-order valence-electron chi connectivity index (χ2n) is 3.78. The van der Waals surface area contributed by atoms with E-state index in [9.17, 15) is 19.7 Å². The van der Waals surface area contributed by atoms with E-state index in [1.807, 2.05) is 0 Å². The van der Waals surface area contributed by atoms with Crippen molar-refractivity contribution in [3.63, 3.8) is 0 Å². The molecule has 0 aliphatic rings. The fourth-order valence-electron chi connectivity index (χ4n) is 1.33. The Morgan fingerprint density at radius 3 is 2.84 bits per heavy atom. The average molecular weight is 270 g/mol. The molecule has 19 heavy (non-hydrogen) atoms. The number of ether oxygens (including phenoxy) is 1. The molecule has 0 fully saturated rings. The Labute approximate surface area is 108 Å². The van der Waals surface area contributed by atoms with Crippen LogP contribution in [0, 0.1) is 10.1 Å². The zero-order chi connectivity index (χ0) is 14.4. The molecular weight excluding hydrogens is 256 g/mol. The first-order chi connectivity index (χ1) is 8.93. The van der Waals surface area contributed by atoms with Gasteiger partial charge >= 0.3 is 11.7 Å². The first-order valence-electron chi connectivity index (χ1n) is 5.48. The summed E-state index contributed by atoms with van der Waals surface area (Å²) in [5.74, 6) is -0.904. The highest BCUT2D eigenvalue weighted by Crippen LogP contribution is 2.07. The van der Waals surface area contributed by atoms with Gasteiger partial charge in [-0.15, -0.1) is 0 Å². The second-order valence-corrected chi connectivity index (χ2v) is 3.78. The smallest absolute Gasteiger partial charge is 0.328 e. The summed E-state index contributed by atoms with van der Waals surface area (Å²) in [5, 5.41) is 16.6. The van der Waals surface area contributed by atoms with Gasteiger partial charge in [-0.3, -0.25) is 19.6 Å². The van der Waals surface area contributed by atoms with Crippen LogP contribution in [-0.2, 0) is 20.9 Å². The van der Waals surface area contributed by atoms with Gasteiger partial charge in [0.15, 0.2) is 0 Å². The van der Waals surface area contributed by atoms with Gasteiger partial charge in [-0.05, 0) is 6.92 Å². The molecule has 0 saturated heterocycles. The lowest BCUT2D eigenvalue weighted by Gasteiger charge is -2.11. The molecule has 1 amide bonds. The van der Waals surface area contributed by atoms with E-state index in [0.717, 1.165) is 6.20 Å². The van der Waals surface area contributed by atoms with Gasteiger partial charge in [0.1, 0.15) is 18.4 Å². The highest BCUT2D eigenvalue weighted by atomic mass is 16.6. The first kappa shape index (κ1) is 14.6. The number of methoxy groups -OCH3 is 1. The number of esters is 1. The van der Waals surface area contributed by atoms with Crippen LogP contribution in [0.1, 0.15) is 13.3 Å². The molecule has 1 rings (SSSR count).